The quantitative estimate of drug-likeness (QED) is 0.296. The lowest BCUT2D eigenvalue weighted by atomic mass is 10.2. The Kier molecular flexibility index (Phi) is 3.57. The Morgan fingerprint density at radius 3 is 2.30 bits per heavy atom. The van der Waals surface area contributed by atoms with Gasteiger partial charge >= 0.3 is 6.03 Å². The van der Waals surface area contributed by atoms with Gasteiger partial charge in [0.25, 0.3) is 15.9 Å². The largest absolute Gasteiger partial charge is 0.328 e. The molecule has 2 rings (SSSR count). The molecule has 1 fully saturated rings. The number of hydrazine groups is 1. The maximum absolute atomic E-state index is 11.6. The number of sulfonamides is 1. The molecule has 0 bridgehead atoms. The number of nitrogens with zero attached hydrogens (tertiary/aromatic N) is 1. The summed E-state index contributed by atoms with van der Waals surface area (Å²) in [7, 11) is -2.35. The Morgan fingerprint density at radius 1 is 1.25 bits per heavy atom. The Balaban J connectivity index is 2.29. The minimum Gasteiger partial charge on any atom is -0.303 e. The zero-order valence-electron chi connectivity index (χ0n) is 10.5. The van der Waals surface area contributed by atoms with Crippen molar-refractivity contribution in [2.45, 2.75) is 4.90 Å². The molecular formula is C11H12N4O4S. The van der Waals surface area contributed by atoms with E-state index >= 15 is 0 Å². The number of carbonyl (C=O) groups is 2. The van der Waals surface area contributed by atoms with Gasteiger partial charge in [-0.2, -0.15) is 4.83 Å². The lowest BCUT2D eigenvalue weighted by molar-refractivity contribution is -0.121. The highest BCUT2D eigenvalue weighted by Crippen LogP contribution is 2.15. The molecule has 9 heteroatoms. The van der Waals surface area contributed by atoms with E-state index in [0.29, 0.717) is 5.56 Å². The third-order valence-electron chi connectivity index (χ3n) is 2.74. The van der Waals surface area contributed by atoms with Crippen LogP contribution in [0.5, 0.6) is 0 Å². The molecule has 20 heavy (non-hydrogen) atoms. The van der Waals surface area contributed by atoms with Gasteiger partial charge in [0.1, 0.15) is 5.70 Å². The summed E-state index contributed by atoms with van der Waals surface area (Å²) in [6, 6.07) is 5.16. The molecular weight excluding hydrogens is 284 g/mol. The predicted octanol–water partition coefficient (Wildman–Crippen LogP) is -0.639. The number of imide groups is 1. The Bertz CT molecular complexity index is 694. The van der Waals surface area contributed by atoms with E-state index in [4.69, 9.17) is 5.84 Å². The average molecular weight is 296 g/mol. The number of urea groups is 1. The van der Waals surface area contributed by atoms with Gasteiger partial charge in [0, 0.05) is 7.05 Å². The number of likely N-dealkylation sites (N-methyl/N-ethyl adjacent to an activating group) is 1. The molecule has 0 spiro atoms. The molecule has 1 aromatic carbocycles. The second kappa shape index (κ2) is 5.04. The molecule has 0 saturated carbocycles. The zero-order chi connectivity index (χ0) is 14.9. The molecule has 106 valence electrons. The van der Waals surface area contributed by atoms with E-state index in [0.717, 1.165) is 4.90 Å². The first-order valence-electron chi connectivity index (χ1n) is 5.48. The molecule has 1 heterocycles. The monoisotopic (exact) mass is 296 g/mol. The summed E-state index contributed by atoms with van der Waals surface area (Å²) >= 11 is 0. The molecule has 0 unspecified atom stereocenters. The maximum atomic E-state index is 11.6. The van der Waals surface area contributed by atoms with E-state index in [1.54, 1.807) is 4.83 Å². The minimum absolute atomic E-state index is 0.000974. The van der Waals surface area contributed by atoms with Gasteiger partial charge in [0.15, 0.2) is 0 Å². The van der Waals surface area contributed by atoms with Gasteiger partial charge in [-0.05, 0) is 23.8 Å². The third-order valence-corrected chi connectivity index (χ3v) is 3.94. The van der Waals surface area contributed by atoms with Crippen LogP contribution >= 0.6 is 0 Å². The second-order valence-electron chi connectivity index (χ2n) is 4.04. The molecule has 0 aromatic heterocycles. The molecule has 8 nitrogen and oxygen atoms in total. The van der Waals surface area contributed by atoms with Gasteiger partial charge in [-0.25, -0.2) is 13.2 Å². The summed E-state index contributed by atoms with van der Waals surface area (Å²) in [6.45, 7) is 0. The Morgan fingerprint density at radius 2 is 1.85 bits per heavy atom. The first-order valence-corrected chi connectivity index (χ1v) is 6.96. The van der Waals surface area contributed by atoms with Crippen LogP contribution in [-0.4, -0.2) is 32.3 Å². The van der Waals surface area contributed by atoms with Crippen molar-refractivity contribution in [2.24, 2.45) is 5.84 Å². The standard InChI is InChI=1S/C11H12N4O4S/c1-15-10(16)9(13-11(15)17)6-7-2-4-8(5-3-7)20(18,19)14-12/h2-6,14H,12H2,1H3,(H,13,17)/b9-6-. The summed E-state index contributed by atoms with van der Waals surface area (Å²) in [6.07, 6.45) is 1.45. The number of hydrogen-bond acceptors (Lipinski definition) is 5. The van der Waals surface area contributed by atoms with Gasteiger partial charge in [-0.1, -0.05) is 12.1 Å². The predicted molar refractivity (Wildman–Crippen MR) is 70.2 cm³/mol. The van der Waals surface area contributed by atoms with Gasteiger partial charge < -0.3 is 5.32 Å². The van der Waals surface area contributed by atoms with E-state index in [-0.39, 0.29) is 10.6 Å². The fourth-order valence-electron chi connectivity index (χ4n) is 1.60. The highest BCUT2D eigenvalue weighted by molar-refractivity contribution is 7.89. The third kappa shape index (κ3) is 2.54. The van der Waals surface area contributed by atoms with Gasteiger partial charge in [0.05, 0.1) is 4.90 Å². The van der Waals surface area contributed by atoms with Crippen molar-refractivity contribution < 1.29 is 18.0 Å². The second-order valence-corrected chi connectivity index (χ2v) is 5.76. The van der Waals surface area contributed by atoms with E-state index in [1.807, 2.05) is 0 Å². The van der Waals surface area contributed by atoms with Crippen molar-refractivity contribution in [2.75, 3.05) is 7.05 Å². The van der Waals surface area contributed by atoms with Gasteiger partial charge in [-0.3, -0.25) is 15.5 Å². The molecule has 0 aliphatic carbocycles. The minimum atomic E-state index is -3.71. The summed E-state index contributed by atoms with van der Waals surface area (Å²) in [5, 5.41) is 2.41. The number of nitrogens with one attached hydrogen (secondary N) is 2. The SMILES string of the molecule is CN1C(=O)N/C(=C\c2ccc(S(=O)(=O)NN)cc2)C1=O. The summed E-state index contributed by atoms with van der Waals surface area (Å²) in [4.78, 5) is 25.6. The fraction of sp³-hybridized carbons (Fsp3) is 0.0909. The highest BCUT2D eigenvalue weighted by atomic mass is 32.2. The first-order chi connectivity index (χ1) is 9.35. The number of rotatable bonds is 3. The lowest BCUT2D eigenvalue weighted by Gasteiger charge is -2.02. The number of hydrogen-bond donors (Lipinski definition) is 3. The first kappa shape index (κ1) is 14.2. The molecule has 1 aliphatic heterocycles. The van der Waals surface area contributed by atoms with E-state index in [9.17, 15) is 18.0 Å². The average Bonchev–Trinajstić information content (AvgIpc) is 2.67. The summed E-state index contributed by atoms with van der Waals surface area (Å²) < 4.78 is 22.9. The van der Waals surface area contributed by atoms with Crippen LogP contribution in [0, 0.1) is 0 Å². The van der Waals surface area contributed by atoms with Crippen molar-refractivity contribution in [1.29, 1.82) is 0 Å². The lowest BCUT2D eigenvalue weighted by Crippen LogP contribution is -2.30. The van der Waals surface area contributed by atoms with E-state index in [1.165, 1.54) is 37.4 Å². The van der Waals surface area contributed by atoms with Crippen molar-refractivity contribution in [3.05, 3.63) is 35.5 Å². The van der Waals surface area contributed by atoms with E-state index < -0.39 is 22.0 Å². The van der Waals surface area contributed by atoms with Crippen LogP contribution in [0.1, 0.15) is 5.56 Å². The number of amides is 3. The van der Waals surface area contributed by atoms with Crippen LogP contribution in [0.25, 0.3) is 6.08 Å². The van der Waals surface area contributed by atoms with Gasteiger partial charge in [-0.15, -0.1) is 0 Å². The summed E-state index contributed by atoms with van der Waals surface area (Å²) in [5.74, 6) is 4.46. The van der Waals surface area contributed by atoms with Crippen LogP contribution in [0.3, 0.4) is 0 Å². The van der Waals surface area contributed by atoms with Crippen molar-refractivity contribution in [1.82, 2.24) is 15.0 Å². The molecule has 0 radical (unpaired) electrons. The van der Waals surface area contributed by atoms with E-state index in [2.05, 4.69) is 5.32 Å². The fourth-order valence-corrected chi connectivity index (χ4v) is 2.23. The Labute approximate surface area is 115 Å². The van der Waals surface area contributed by atoms with Crippen molar-refractivity contribution in [3.8, 4) is 0 Å². The topological polar surface area (TPSA) is 122 Å². The smallest absolute Gasteiger partial charge is 0.303 e. The normalized spacial score (nSPS) is 17.7. The van der Waals surface area contributed by atoms with Crippen molar-refractivity contribution >= 4 is 28.0 Å². The van der Waals surface area contributed by atoms with Crippen molar-refractivity contribution in [3.63, 3.8) is 0 Å². The zero-order valence-corrected chi connectivity index (χ0v) is 11.3. The molecule has 4 N–H and O–H groups in total. The maximum Gasteiger partial charge on any atom is 0.328 e. The number of nitrogens with two attached hydrogens (primary N) is 1. The van der Waals surface area contributed by atoms with Crippen LogP contribution < -0.4 is 16.0 Å². The molecule has 1 aliphatic rings. The summed E-state index contributed by atoms with van der Waals surface area (Å²) in [5.41, 5.74) is 0.699. The molecule has 1 saturated heterocycles. The van der Waals surface area contributed by atoms with Crippen LogP contribution in [0.2, 0.25) is 0 Å². The number of carbonyl (C=O) groups excluding carboxylic acids is 2. The Hall–Kier alpha value is -2.23. The highest BCUT2D eigenvalue weighted by Gasteiger charge is 2.29. The number of benzene rings is 1. The molecule has 1 aromatic rings. The van der Waals surface area contributed by atoms with Gasteiger partial charge in [0.2, 0.25) is 0 Å². The molecule has 0 atom stereocenters. The van der Waals surface area contributed by atoms with Crippen LogP contribution in [0.15, 0.2) is 34.9 Å². The molecule has 3 amide bonds. The van der Waals surface area contributed by atoms with Crippen LogP contribution in [0.4, 0.5) is 4.79 Å². The van der Waals surface area contributed by atoms with Crippen LogP contribution in [-0.2, 0) is 14.8 Å².